The zero-order chi connectivity index (χ0) is 16.2. The third-order valence-electron chi connectivity index (χ3n) is 3.06. The van der Waals surface area contributed by atoms with Crippen LogP contribution in [0.5, 0.6) is 0 Å². The topological polar surface area (TPSA) is 98.5 Å². The molecule has 0 radical (unpaired) electrons. The fourth-order valence-corrected chi connectivity index (χ4v) is 2.08. The molecule has 0 saturated heterocycles. The van der Waals surface area contributed by atoms with Gasteiger partial charge in [0, 0.05) is 18.6 Å². The van der Waals surface area contributed by atoms with Crippen LogP contribution in [0.4, 0.5) is 0 Å². The molecule has 9 heteroatoms. The number of halogens is 1. The number of pyridine rings is 1. The Labute approximate surface area is 136 Å². The number of amides is 1. The van der Waals surface area contributed by atoms with Crippen molar-refractivity contribution in [3.63, 3.8) is 0 Å². The summed E-state index contributed by atoms with van der Waals surface area (Å²) in [5.74, 6) is 1.45. The maximum absolute atomic E-state index is 10.7. The highest BCUT2D eigenvalue weighted by atomic mass is 35.5. The van der Waals surface area contributed by atoms with Crippen LogP contribution in [0.25, 0.3) is 17.3 Å². The zero-order valence-electron chi connectivity index (χ0n) is 12.1. The van der Waals surface area contributed by atoms with Gasteiger partial charge in [0.25, 0.3) is 0 Å². The number of hydrogen-bond acceptors (Lipinski definition) is 6. The first kappa shape index (κ1) is 15.0. The van der Waals surface area contributed by atoms with Crippen LogP contribution in [0.2, 0.25) is 5.02 Å². The Morgan fingerprint density at radius 3 is 2.78 bits per heavy atom. The van der Waals surface area contributed by atoms with Gasteiger partial charge in [0.1, 0.15) is 5.69 Å². The molecule has 116 valence electrons. The van der Waals surface area contributed by atoms with Gasteiger partial charge < -0.3 is 5.32 Å². The maximum atomic E-state index is 10.7. The lowest BCUT2D eigenvalue weighted by atomic mass is 10.3. The Kier molecular flexibility index (Phi) is 4.24. The van der Waals surface area contributed by atoms with E-state index in [1.807, 2.05) is 0 Å². The van der Waals surface area contributed by atoms with Crippen LogP contribution in [-0.4, -0.2) is 36.1 Å². The molecule has 1 N–H and O–H groups in total. The number of aromatic nitrogens is 6. The summed E-state index contributed by atoms with van der Waals surface area (Å²) >= 11 is 5.87. The van der Waals surface area contributed by atoms with Crippen LogP contribution in [0, 0.1) is 0 Å². The molecule has 3 aromatic rings. The second kappa shape index (κ2) is 6.49. The second-order valence-corrected chi connectivity index (χ2v) is 5.07. The molecule has 0 aliphatic carbocycles. The molecule has 0 fully saturated rings. The normalized spacial score (nSPS) is 11.9. The van der Waals surface area contributed by atoms with E-state index in [-0.39, 0.29) is 6.04 Å². The maximum Gasteiger partial charge on any atom is 0.207 e. The van der Waals surface area contributed by atoms with Gasteiger partial charge in [-0.3, -0.25) is 9.78 Å². The molecule has 8 nitrogen and oxygen atoms in total. The molecule has 0 aliphatic heterocycles. The third kappa shape index (κ3) is 3.16. The third-order valence-corrected chi connectivity index (χ3v) is 3.28. The van der Waals surface area contributed by atoms with E-state index in [4.69, 9.17) is 11.6 Å². The Morgan fingerprint density at radius 1 is 1.26 bits per heavy atom. The highest BCUT2D eigenvalue weighted by Crippen LogP contribution is 2.20. The van der Waals surface area contributed by atoms with E-state index in [1.54, 1.807) is 42.3 Å². The van der Waals surface area contributed by atoms with Crippen molar-refractivity contribution in [1.82, 2.24) is 35.0 Å². The predicted molar refractivity (Wildman–Crippen MR) is 82.8 cm³/mol. The van der Waals surface area contributed by atoms with Crippen LogP contribution < -0.4 is 5.32 Å². The van der Waals surface area contributed by atoms with Gasteiger partial charge in [-0.25, -0.2) is 15.0 Å². The molecular weight excluding hydrogens is 318 g/mol. The van der Waals surface area contributed by atoms with E-state index in [2.05, 4.69) is 30.4 Å². The largest absolute Gasteiger partial charge is 0.349 e. The van der Waals surface area contributed by atoms with Crippen molar-refractivity contribution in [2.45, 2.75) is 13.0 Å². The summed E-state index contributed by atoms with van der Waals surface area (Å²) in [5, 5.41) is 7.60. The summed E-state index contributed by atoms with van der Waals surface area (Å²) in [5.41, 5.74) is 0.528. The molecule has 0 aromatic carbocycles. The van der Waals surface area contributed by atoms with Gasteiger partial charge in [-0.15, -0.1) is 5.10 Å². The summed E-state index contributed by atoms with van der Waals surface area (Å²) in [6.45, 7) is 1.80. The number of carbonyl (C=O) groups is 1. The van der Waals surface area contributed by atoms with Gasteiger partial charge in [0.05, 0.1) is 17.3 Å². The summed E-state index contributed by atoms with van der Waals surface area (Å²) in [7, 11) is 0. The Balaban J connectivity index is 2.10. The summed E-state index contributed by atoms with van der Waals surface area (Å²) in [4.78, 5) is 27.6. The van der Waals surface area contributed by atoms with Crippen molar-refractivity contribution < 1.29 is 4.79 Å². The van der Waals surface area contributed by atoms with Gasteiger partial charge in [-0.1, -0.05) is 11.6 Å². The molecular formula is C14H12ClN7O. The van der Waals surface area contributed by atoms with Crippen molar-refractivity contribution in [2.75, 3.05) is 0 Å². The quantitative estimate of drug-likeness (QED) is 0.713. The van der Waals surface area contributed by atoms with Crippen LogP contribution >= 0.6 is 11.6 Å². The number of nitrogens with one attached hydrogen (secondary N) is 1. The van der Waals surface area contributed by atoms with Gasteiger partial charge in [-0.2, -0.15) is 4.68 Å². The minimum absolute atomic E-state index is 0.358. The van der Waals surface area contributed by atoms with Crippen molar-refractivity contribution in [3.05, 3.63) is 47.8 Å². The molecule has 3 heterocycles. The van der Waals surface area contributed by atoms with E-state index in [0.717, 1.165) is 0 Å². The SMILES string of the molecule is CC(NC=O)c1nc(-c2cnccn2)nn1-c1ccc(Cl)cn1. The lowest BCUT2D eigenvalue weighted by molar-refractivity contribution is -0.110. The number of nitrogens with zero attached hydrogens (tertiary/aromatic N) is 6. The molecule has 3 rings (SSSR count). The summed E-state index contributed by atoms with van der Waals surface area (Å²) in [6, 6.07) is 3.06. The van der Waals surface area contributed by atoms with Gasteiger partial charge in [0.15, 0.2) is 11.6 Å². The fourth-order valence-electron chi connectivity index (χ4n) is 1.97. The lowest BCUT2D eigenvalue weighted by Gasteiger charge is -2.10. The van der Waals surface area contributed by atoms with E-state index in [0.29, 0.717) is 34.6 Å². The van der Waals surface area contributed by atoms with Crippen molar-refractivity contribution in [3.8, 4) is 17.3 Å². The molecule has 0 bridgehead atoms. The van der Waals surface area contributed by atoms with Crippen molar-refractivity contribution in [2.24, 2.45) is 0 Å². The molecule has 3 aromatic heterocycles. The molecule has 23 heavy (non-hydrogen) atoms. The highest BCUT2D eigenvalue weighted by molar-refractivity contribution is 6.30. The second-order valence-electron chi connectivity index (χ2n) is 4.64. The number of rotatable bonds is 5. The summed E-state index contributed by atoms with van der Waals surface area (Å²) < 4.78 is 1.54. The molecule has 0 spiro atoms. The van der Waals surface area contributed by atoms with Crippen molar-refractivity contribution >= 4 is 18.0 Å². The Morgan fingerprint density at radius 2 is 2.13 bits per heavy atom. The minimum atomic E-state index is -0.358. The molecule has 0 aliphatic rings. The first-order valence-electron chi connectivity index (χ1n) is 6.74. The lowest BCUT2D eigenvalue weighted by Crippen LogP contribution is -2.20. The first-order chi connectivity index (χ1) is 11.2. The fraction of sp³-hybridized carbons (Fsp3) is 0.143. The summed E-state index contributed by atoms with van der Waals surface area (Å²) in [6.07, 6.45) is 6.82. The standard InChI is InChI=1S/C14H12ClN7O/c1-9(19-8-23)14-20-13(11-7-16-4-5-17-11)21-22(14)12-3-2-10(15)6-18-12/h2-9H,1H3,(H,19,23). The number of hydrogen-bond donors (Lipinski definition) is 1. The highest BCUT2D eigenvalue weighted by Gasteiger charge is 2.19. The molecule has 0 saturated carbocycles. The van der Waals surface area contributed by atoms with Crippen LogP contribution in [0.15, 0.2) is 36.9 Å². The van der Waals surface area contributed by atoms with Crippen LogP contribution in [-0.2, 0) is 4.79 Å². The zero-order valence-corrected chi connectivity index (χ0v) is 12.8. The van der Waals surface area contributed by atoms with Crippen molar-refractivity contribution in [1.29, 1.82) is 0 Å². The van der Waals surface area contributed by atoms with Crippen LogP contribution in [0.1, 0.15) is 18.8 Å². The van der Waals surface area contributed by atoms with Crippen LogP contribution in [0.3, 0.4) is 0 Å². The van der Waals surface area contributed by atoms with E-state index < -0.39 is 0 Å². The van der Waals surface area contributed by atoms with Gasteiger partial charge in [-0.05, 0) is 19.1 Å². The Hall–Kier alpha value is -2.87. The average molecular weight is 330 g/mol. The Bertz CT molecular complexity index is 804. The molecule has 1 amide bonds. The monoisotopic (exact) mass is 329 g/mol. The van der Waals surface area contributed by atoms with E-state index in [1.165, 1.54) is 6.20 Å². The molecule has 1 atom stereocenters. The first-order valence-corrected chi connectivity index (χ1v) is 7.12. The smallest absolute Gasteiger partial charge is 0.207 e. The van der Waals surface area contributed by atoms with E-state index in [9.17, 15) is 4.79 Å². The molecule has 1 unspecified atom stereocenters. The van der Waals surface area contributed by atoms with Gasteiger partial charge >= 0.3 is 0 Å². The minimum Gasteiger partial charge on any atom is -0.349 e. The van der Waals surface area contributed by atoms with Gasteiger partial charge in [0.2, 0.25) is 12.2 Å². The van der Waals surface area contributed by atoms with E-state index >= 15 is 0 Å². The number of carbonyl (C=O) groups excluding carboxylic acids is 1. The predicted octanol–water partition coefficient (Wildman–Crippen LogP) is 1.58. The average Bonchev–Trinajstić information content (AvgIpc) is 3.02.